The van der Waals surface area contributed by atoms with Crippen LogP contribution in [0.2, 0.25) is 0 Å². The highest BCUT2D eigenvalue weighted by molar-refractivity contribution is 9.10. The number of amides is 1. The standard InChI is InChI=1S/C12H16BrN3O2/c1-9(12(17)16-5-7-18-8-6-16)14-11-4-2-3-10(13)15-11/h2-4,9H,5-8H2,1H3,(H,14,15). The number of nitrogens with one attached hydrogen (secondary N) is 1. The minimum atomic E-state index is -0.287. The maximum Gasteiger partial charge on any atom is 0.244 e. The summed E-state index contributed by atoms with van der Waals surface area (Å²) in [6, 6.07) is 5.28. The van der Waals surface area contributed by atoms with Crippen LogP contribution in [-0.2, 0) is 9.53 Å². The fourth-order valence-corrected chi connectivity index (χ4v) is 2.17. The molecule has 18 heavy (non-hydrogen) atoms. The largest absolute Gasteiger partial charge is 0.378 e. The van der Waals surface area contributed by atoms with Gasteiger partial charge in [0.2, 0.25) is 5.91 Å². The SMILES string of the molecule is CC(Nc1cccc(Br)n1)C(=O)N1CCOCC1. The molecule has 1 unspecified atom stereocenters. The van der Waals surface area contributed by atoms with Gasteiger partial charge in [-0.05, 0) is 35.0 Å². The Morgan fingerprint density at radius 3 is 2.89 bits per heavy atom. The molecule has 0 spiro atoms. The van der Waals surface area contributed by atoms with Crippen molar-refractivity contribution in [3.63, 3.8) is 0 Å². The lowest BCUT2D eigenvalue weighted by Crippen LogP contribution is -2.47. The van der Waals surface area contributed by atoms with Crippen molar-refractivity contribution in [1.29, 1.82) is 0 Å². The molecule has 1 atom stereocenters. The highest BCUT2D eigenvalue weighted by Crippen LogP contribution is 2.12. The number of pyridine rings is 1. The van der Waals surface area contributed by atoms with Crippen LogP contribution in [-0.4, -0.2) is 48.1 Å². The van der Waals surface area contributed by atoms with E-state index in [4.69, 9.17) is 4.74 Å². The van der Waals surface area contributed by atoms with Gasteiger partial charge in [0.1, 0.15) is 16.5 Å². The summed E-state index contributed by atoms with van der Waals surface area (Å²) < 4.78 is 5.98. The molecule has 1 fully saturated rings. The number of rotatable bonds is 3. The maximum absolute atomic E-state index is 12.2. The Morgan fingerprint density at radius 1 is 1.50 bits per heavy atom. The molecule has 0 bridgehead atoms. The molecule has 1 aromatic rings. The highest BCUT2D eigenvalue weighted by atomic mass is 79.9. The van der Waals surface area contributed by atoms with Crippen molar-refractivity contribution >= 4 is 27.7 Å². The minimum Gasteiger partial charge on any atom is -0.378 e. The molecule has 1 aliphatic heterocycles. The third kappa shape index (κ3) is 3.43. The first-order valence-electron chi connectivity index (χ1n) is 5.92. The molecule has 1 saturated heterocycles. The van der Waals surface area contributed by atoms with E-state index in [1.807, 2.05) is 30.0 Å². The average molecular weight is 314 g/mol. The lowest BCUT2D eigenvalue weighted by atomic mass is 10.2. The number of aromatic nitrogens is 1. The zero-order valence-electron chi connectivity index (χ0n) is 10.2. The Morgan fingerprint density at radius 2 is 2.22 bits per heavy atom. The van der Waals surface area contributed by atoms with E-state index in [0.717, 1.165) is 4.60 Å². The Hall–Kier alpha value is -1.14. The fraction of sp³-hybridized carbons (Fsp3) is 0.500. The van der Waals surface area contributed by atoms with Crippen LogP contribution in [0.25, 0.3) is 0 Å². The smallest absolute Gasteiger partial charge is 0.244 e. The van der Waals surface area contributed by atoms with Crippen LogP contribution in [0.3, 0.4) is 0 Å². The minimum absolute atomic E-state index is 0.0834. The van der Waals surface area contributed by atoms with Gasteiger partial charge in [-0.3, -0.25) is 4.79 Å². The molecule has 98 valence electrons. The van der Waals surface area contributed by atoms with Crippen molar-refractivity contribution in [2.24, 2.45) is 0 Å². The van der Waals surface area contributed by atoms with Crippen molar-refractivity contribution in [3.8, 4) is 0 Å². The Labute approximate surface area is 115 Å². The van der Waals surface area contributed by atoms with Gasteiger partial charge in [-0.2, -0.15) is 0 Å². The van der Waals surface area contributed by atoms with E-state index in [2.05, 4.69) is 26.2 Å². The van der Waals surface area contributed by atoms with Crippen LogP contribution in [0, 0.1) is 0 Å². The summed E-state index contributed by atoms with van der Waals surface area (Å²) in [7, 11) is 0. The number of carbonyl (C=O) groups is 1. The number of morpholine rings is 1. The topological polar surface area (TPSA) is 54.5 Å². The van der Waals surface area contributed by atoms with Gasteiger partial charge in [0, 0.05) is 13.1 Å². The Kier molecular flexibility index (Phi) is 4.54. The van der Waals surface area contributed by atoms with E-state index < -0.39 is 0 Å². The predicted octanol–water partition coefficient (Wildman–Crippen LogP) is 1.50. The van der Waals surface area contributed by atoms with E-state index in [1.165, 1.54) is 0 Å². The first-order valence-corrected chi connectivity index (χ1v) is 6.72. The van der Waals surface area contributed by atoms with Gasteiger partial charge in [0.05, 0.1) is 13.2 Å². The number of hydrogen-bond donors (Lipinski definition) is 1. The van der Waals surface area contributed by atoms with Crippen LogP contribution < -0.4 is 5.32 Å². The molecule has 6 heteroatoms. The van der Waals surface area contributed by atoms with Crippen LogP contribution >= 0.6 is 15.9 Å². The number of halogens is 1. The molecule has 2 heterocycles. The third-order valence-electron chi connectivity index (χ3n) is 2.77. The molecule has 1 aromatic heterocycles. The van der Waals surface area contributed by atoms with Crippen molar-refractivity contribution in [3.05, 3.63) is 22.8 Å². The number of ether oxygens (including phenoxy) is 1. The second-order valence-corrected chi connectivity index (χ2v) is 4.96. The molecule has 1 amide bonds. The molecular formula is C12H16BrN3O2. The summed E-state index contributed by atoms with van der Waals surface area (Å²) in [4.78, 5) is 18.2. The molecular weight excluding hydrogens is 298 g/mol. The Balaban J connectivity index is 1.94. The van der Waals surface area contributed by atoms with Gasteiger partial charge < -0.3 is 15.0 Å². The highest BCUT2D eigenvalue weighted by Gasteiger charge is 2.22. The zero-order chi connectivity index (χ0) is 13.0. The molecule has 1 N–H and O–H groups in total. The first-order chi connectivity index (χ1) is 8.66. The summed E-state index contributed by atoms with van der Waals surface area (Å²) in [5.41, 5.74) is 0. The maximum atomic E-state index is 12.2. The molecule has 0 aromatic carbocycles. The first kappa shape index (κ1) is 13.3. The lowest BCUT2D eigenvalue weighted by molar-refractivity contribution is -0.135. The van der Waals surface area contributed by atoms with E-state index in [1.54, 1.807) is 0 Å². The van der Waals surface area contributed by atoms with Gasteiger partial charge in [-0.1, -0.05) is 6.07 Å². The summed E-state index contributed by atoms with van der Waals surface area (Å²) in [5.74, 6) is 0.776. The van der Waals surface area contributed by atoms with E-state index in [9.17, 15) is 4.79 Å². The number of nitrogens with zero attached hydrogens (tertiary/aromatic N) is 2. The normalized spacial score (nSPS) is 17.3. The Bertz CT molecular complexity index is 422. The van der Waals surface area contributed by atoms with Crippen molar-refractivity contribution in [2.75, 3.05) is 31.6 Å². The molecule has 5 nitrogen and oxygen atoms in total. The number of anilines is 1. The van der Waals surface area contributed by atoms with Crippen molar-refractivity contribution in [1.82, 2.24) is 9.88 Å². The molecule has 0 saturated carbocycles. The monoisotopic (exact) mass is 313 g/mol. The summed E-state index contributed by atoms with van der Waals surface area (Å²) >= 11 is 3.30. The second kappa shape index (κ2) is 6.15. The van der Waals surface area contributed by atoms with E-state index in [-0.39, 0.29) is 11.9 Å². The molecule has 1 aliphatic rings. The van der Waals surface area contributed by atoms with Crippen LogP contribution in [0.1, 0.15) is 6.92 Å². The summed E-state index contributed by atoms with van der Waals surface area (Å²) in [6.45, 7) is 4.41. The van der Waals surface area contributed by atoms with Crippen LogP contribution in [0.5, 0.6) is 0 Å². The second-order valence-electron chi connectivity index (χ2n) is 4.15. The summed E-state index contributed by atoms with van der Waals surface area (Å²) in [6.07, 6.45) is 0. The molecule has 0 radical (unpaired) electrons. The average Bonchev–Trinajstić information content (AvgIpc) is 2.39. The van der Waals surface area contributed by atoms with E-state index in [0.29, 0.717) is 32.1 Å². The van der Waals surface area contributed by atoms with Gasteiger partial charge in [0.15, 0.2) is 0 Å². The van der Waals surface area contributed by atoms with Gasteiger partial charge in [0.25, 0.3) is 0 Å². The molecule has 0 aliphatic carbocycles. The van der Waals surface area contributed by atoms with Gasteiger partial charge in [-0.25, -0.2) is 4.98 Å². The van der Waals surface area contributed by atoms with Crippen molar-refractivity contribution in [2.45, 2.75) is 13.0 Å². The molecule has 2 rings (SSSR count). The number of hydrogen-bond acceptors (Lipinski definition) is 4. The lowest BCUT2D eigenvalue weighted by Gasteiger charge is -2.29. The quantitative estimate of drug-likeness (QED) is 0.859. The van der Waals surface area contributed by atoms with E-state index >= 15 is 0 Å². The zero-order valence-corrected chi connectivity index (χ0v) is 11.8. The van der Waals surface area contributed by atoms with Crippen molar-refractivity contribution < 1.29 is 9.53 Å². The third-order valence-corrected chi connectivity index (χ3v) is 3.21. The predicted molar refractivity (Wildman–Crippen MR) is 72.4 cm³/mol. The van der Waals surface area contributed by atoms with Gasteiger partial charge >= 0.3 is 0 Å². The van der Waals surface area contributed by atoms with Gasteiger partial charge in [-0.15, -0.1) is 0 Å². The fourth-order valence-electron chi connectivity index (χ4n) is 1.83. The van der Waals surface area contributed by atoms with Crippen LogP contribution in [0.4, 0.5) is 5.82 Å². The summed E-state index contributed by atoms with van der Waals surface area (Å²) in [5, 5.41) is 3.11. The van der Waals surface area contributed by atoms with Crippen LogP contribution in [0.15, 0.2) is 22.8 Å². The number of carbonyl (C=O) groups excluding carboxylic acids is 1.